The average molecular weight is 296 g/mol. The number of hydrogen-bond donors (Lipinski definition) is 0. The van der Waals surface area contributed by atoms with Gasteiger partial charge >= 0.3 is 6.18 Å². The minimum Gasteiger partial charge on any atom is -0.356 e. The summed E-state index contributed by atoms with van der Waals surface area (Å²) in [6.45, 7) is 7.14. The fourth-order valence-electron chi connectivity index (χ4n) is 1.60. The van der Waals surface area contributed by atoms with Crippen molar-refractivity contribution in [3.8, 4) is 0 Å². The quantitative estimate of drug-likeness (QED) is 0.768. The molecule has 0 aliphatic carbocycles. The molecule has 0 amide bonds. The molecule has 0 aliphatic rings. The van der Waals surface area contributed by atoms with E-state index in [0.717, 1.165) is 12.5 Å². The minimum absolute atomic E-state index is 0.218. The van der Waals surface area contributed by atoms with Crippen molar-refractivity contribution >= 4 is 17.4 Å². The lowest BCUT2D eigenvalue weighted by Crippen LogP contribution is -2.29. The highest BCUT2D eigenvalue weighted by atomic mass is 35.5. The lowest BCUT2D eigenvalue weighted by Gasteiger charge is -2.25. The third-order valence-electron chi connectivity index (χ3n) is 2.91. The molecule has 0 saturated heterocycles. The molecule has 1 aromatic heterocycles. The van der Waals surface area contributed by atoms with E-state index in [1.165, 1.54) is 0 Å². The van der Waals surface area contributed by atoms with E-state index in [1.807, 2.05) is 20.8 Å². The third-order valence-corrected chi connectivity index (χ3v) is 3.08. The van der Waals surface area contributed by atoms with E-state index in [9.17, 15) is 13.2 Å². The first kappa shape index (κ1) is 16.0. The Bertz CT molecular complexity index is 423. The smallest absolute Gasteiger partial charge is 0.356 e. The van der Waals surface area contributed by atoms with Crippen LogP contribution in [0.15, 0.2) is 6.07 Å². The molecule has 1 atom stereocenters. The normalized spacial score (nSPS) is 13.4. The van der Waals surface area contributed by atoms with Gasteiger partial charge in [0.05, 0.1) is 0 Å². The monoisotopic (exact) mass is 295 g/mol. The maximum atomic E-state index is 12.7. The summed E-state index contributed by atoms with van der Waals surface area (Å²) < 4.78 is 38.0. The van der Waals surface area contributed by atoms with Crippen LogP contribution in [0.4, 0.5) is 19.0 Å². The predicted molar refractivity (Wildman–Crippen MR) is 69.4 cm³/mol. The van der Waals surface area contributed by atoms with Gasteiger partial charge in [-0.05, 0) is 24.4 Å². The van der Waals surface area contributed by atoms with Crippen LogP contribution in [0.25, 0.3) is 0 Å². The topological polar surface area (TPSA) is 29.0 Å². The van der Waals surface area contributed by atoms with Crippen LogP contribution in [-0.2, 0) is 6.18 Å². The van der Waals surface area contributed by atoms with Crippen LogP contribution < -0.4 is 4.90 Å². The van der Waals surface area contributed by atoms with Gasteiger partial charge in [-0.2, -0.15) is 13.2 Å². The molecule has 0 fully saturated rings. The maximum absolute atomic E-state index is 12.7. The molecule has 1 heterocycles. The Morgan fingerprint density at radius 2 is 1.95 bits per heavy atom. The summed E-state index contributed by atoms with van der Waals surface area (Å²) >= 11 is 5.58. The van der Waals surface area contributed by atoms with Crippen LogP contribution in [0.2, 0.25) is 5.28 Å². The van der Waals surface area contributed by atoms with Crippen molar-refractivity contribution in [2.45, 2.75) is 33.4 Å². The summed E-state index contributed by atoms with van der Waals surface area (Å²) in [5, 5.41) is -0.382. The molecule has 0 spiro atoms. The zero-order chi connectivity index (χ0) is 14.6. The van der Waals surface area contributed by atoms with E-state index >= 15 is 0 Å². The molecule has 7 heteroatoms. The number of alkyl halides is 3. The van der Waals surface area contributed by atoms with Crippen molar-refractivity contribution < 1.29 is 13.2 Å². The number of rotatable bonds is 5. The molecule has 19 heavy (non-hydrogen) atoms. The summed E-state index contributed by atoms with van der Waals surface area (Å²) in [5.74, 6) is 0.582. The van der Waals surface area contributed by atoms with Gasteiger partial charge in [0, 0.05) is 19.2 Å². The molecule has 0 radical (unpaired) electrons. The summed E-state index contributed by atoms with van der Waals surface area (Å²) in [6, 6.07) is 0.942. The van der Waals surface area contributed by atoms with Gasteiger partial charge in [-0.15, -0.1) is 0 Å². The molecule has 0 N–H and O–H groups in total. The standard InChI is InChI=1S/C12H17ClF3N3/c1-4-8(3)7-19(5-2)10-6-9(12(14,15)16)17-11(13)18-10/h6,8H,4-5,7H2,1-3H3. The largest absolute Gasteiger partial charge is 0.433 e. The Hall–Kier alpha value is -1.04. The molecule has 3 nitrogen and oxygen atoms in total. The van der Waals surface area contributed by atoms with Gasteiger partial charge in [-0.25, -0.2) is 9.97 Å². The molecule has 0 aliphatic heterocycles. The average Bonchev–Trinajstić information content (AvgIpc) is 2.33. The van der Waals surface area contributed by atoms with Crippen molar-refractivity contribution in [2.24, 2.45) is 5.92 Å². The molecule has 1 rings (SSSR count). The molecule has 1 aromatic rings. The summed E-state index contributed by atoms with van der Waals surface area (Å²) in [7, 11) is 0. The van der Waals surface area contributed by atoms with Crippen LogP contribution >= 0.6 is 11.6 Å². The van der Waals surface area contributed by atoms with Gasteiger partial charge in [0.25, 0.3) is 0 Å². The van der Waals surface area contributed by atoms with Crippen LogP contribution in [-0.4, -0.2) is 23.1 Å². The Morgan fingerprint density at radius 3 is 2.42 bits per heavy atom. The highest BCUT2D eigenvalue weighted by Gasteiger charge is 2.34. The van der Waals surface area contributed by atoms with E-state index in [4.69, 9.17) is 11.6 Å². The summed E-state index contributed by atoms with van der Waals surface area (Å²) in [4.78, 5) is 8.88. The molecule has 0 bridgehead atoms. The molecule has 0 aromatic carbocycles. The van der Waals surface area contributed by atoms with Crippen molar-refractivity contribution in [3.05, 3.63) is 17.0 Å². The first-order chi connectivity index (χ1) is 8.77. The number of aromatic nitrogens is 2. The van der Waals surface area contributed by atoms with E-state index in [-0.39, 0.29) is 11.1 Å². The Labute approximate surface area is 115 Å². The molecule has 108 valence electrons. The fourth-order valence-corrected chi connectivity index (χ4v) is 1.78. The number of nitrogens with zero attached hydrogens (tertiary/aromatic N) is 3. The second-order valence-corrected chi connectivity index (χ2v) is 4.77. The predicted octanol–water partition coefficient (Wildman–Crippen LogP) is 4.02. The highest BCUT2D eigenvalue weighted by Crippen LogP contribution is 2.30. The number of anilines is 1. The van der Waals surface area contributed by atoms with Gasteiger partial charge in [-0.3, -0.25) is 0 Å². The zero-order valence-corrected chi connectivity index (χ0v) is 11.9. The van der Waals surface area contributed by atoms with Crippen LogP contribution in [0.5, 0.6) is 0 Å². The molecule has 0 saturated carbocycles. The van der Waals surface area contributed by atoms with Crippen molar-refractivity contribution in [1.29, 1.82) is 0 Å². The lowest BCUT2D eigenvalue weighted by atomic mass is 10.1. The summed E-state index contributed by atoms with van der Waals surface area (Å²) in [6.07, 6.45) is -3.57. The van der Waals surface area contributed by atoms with E-state index < -0.39 is 11.9 Å². The Morgan fingerprint density at radius 1 is 1.32 bits per heavy atom. The van der Waals surface area contributed by atoms with Gasteiger partial charge in [0.1, 0.15) is 5.82 Å². The van der Waals surface area contributed by atoms with Gasteiger partial charge < -0.3 is 4.90 Å². The van der Waals surface area contributed by atoms with Crippen LogP contribution in [0.3, 0.4) is 0 Å². The second-order valence-electron chi connectivity index (χ2n) is 4.43. The Kier molecular flexibility index (Phi) is 5.40. The molecule has 1 unspecified atom stereocenters. The second kappa shape index (κ2) is 6.41. The zero-order valence-electron chi connectivity index (χ0n) is 11.1. The van der Waals surface area contributed by atoms with Crippen molar-refractivity contribution in [2.75, 3.05) is 18.0 Å². The van der Waals surface area contributed by atoms with Crippen molar-refractivity contribution in [1.82, 2.24) is 9.97 Å². The highest BCUT2D eigenvalue weighted by molar-refractivity contribution is 6.28. The first-order valence-corrected chi connectivity index (χ1v) is 6.52. The number of halogens is 4. The minimum atomic E-state index is -4.52. The van der Waals surface area contributed by atoms with Gasteiger partial charge in [0.15, 0.2) is 5.69 Å². The summed E-state index contributed by atoms with van der Waals surface area (Å²) in [5.41, 5.74) is -1.01. The Balaban J connectivity index is 3.07. The third kappa shape index (κ3) is 4.53. The molecular formula is C12H17ClF3N3. The lowest BCUT2D eigenvalue weighted by molar-refractivity contribution is -0.141. The molecular weight excluding hydrogens is 279 g/mol. The number of hydrogen-bond acceptors (Lipinski definition) is 3. The van der Waals surface area contributed by atoms with E-state index in [1.54, 1.807) is 4.90 Å². The van der Waals surface area contributed by atoms with Gasteiger partial charge in [-0.1, -0.05) is 20.3 Å². The SMILES string of the molecule is CCC(C)CN(CC)c1cc(C(F)(F)F)nc(Cl)n1. The van der Waals surface area contributed by atoms with Crippen molar-refractivity contribution in [3.63, 3.8) is 0 Å². The first-order valence-electron chi connectivity index (χ1n) is 6.14. The van der Waals surface area contributed by atoms with Crippen LogP contribution in [0, 0.1) is 5.92 Å². The van der Waals surface area contributed by atoms with E-state index in [0.29, 0.717) is 19.0 Å². The van der Waals surface area contributed by atoms with Crippen LogP contribution in [0.1, 0.15) is 32.9 Å². The van der Waals surface area contributed by atoms with E-state index in [2.05, 4.69) is 9.97 Å². The van der Waals surface area contributed by atoms with Gasteiger partial charge in [0.2, 0.25) is 5.28 Å². The fraction of sp³-hybridized carbons (Fsp3) is 0.667. The maximum Gasteiger partial charge on any atom is 0.433 e.